The Kier molecular flexibility index (Phi) is 3.89. The summed E-state index contributed by atoms with van der Waals surface area (Å²) in [7, 11) is 1.69. The zero-order valence-corrected chi connectivity index (χ0v) is 12.1. The number of ether oxygens (including phenoxy) is 1. The maximum atomic E-state index is 6.30. The average molecular weight is 277 g/mol. The minimum Gasteiger partial charge on any atom is -0.497 e. The van der Waals surface area contributed by atoms with Crippen molar-refractivity contribution in [3.05, 3.63) is 77.9 Å². The summed E-state index contributed by atoms with van der Waals surface area (Å²) >= 11 is 0. The second kappa shape index (κ2) is 5.98. The molecule has 3 aromatic rings. The maximum absolute atomic E-state index is 6.30. The van der Waals surface area contributed by atoms with Gasteiger partial charge in [-0.2, -0.15) is 0 Å². The van der Waals surface area contributed by atoms with Crippen LogP contribution in [0, 0.1) is 0 Å². The fourth-order valence-corrected chi connectivity index (χ4v) is 2.60. The molecule has 3 aromatic carbocycles. The third-order valence-electron chi connectivity index (χ3n) is 3.80. The smallest absolute Gasteiger partial charge is 0.119 e. The lowest BCUT2D eigenvalue weighted by Crippen LogP contribution is -2.13. The van der Waals surface area contributed by atoms with Crippen LogP contribution in [-0.2, 0) is 6.42 Å². The summed E-state index contributed by atoms with van der Waals surface area (Å²) in [6.07, 6.45) is 0.839. The molecule has 0 aliphatic heterocycles. The van der Waals surface area contributed by atoms with Crippen molar-refractivity contribution in [2.24, 2.45) is 5.73 Å². The molecule has 0 bridgehead atoms. The van der Waals surface area contributed by atoms with E-state index >= 15 is 0 Å². The molecule has 106 valence electrons. The van der Waals surface area contributed by atoms with E-state index in [2.05, 4.69) is 42.5 Å². The summed E-state index contributed by atoms with van der Waals surface area (Å²) < 4.78 is 5.25. The fourth-order valence-electron chi connectivity index (χ4n) is 2.60. The molecule has 2 nitrogen and oxygen atoms in total. The third kappa shape index (κ3) is 3.06. The Bertz CT molecular complexity index is 737. The monoisotopic (exact) mass is 277 g/mol. The van der Waals surface area contributed by atoms with Gasteiger partial charge in [0.2, 0.25) is 0 Å². The number of nitrogens with two attached hydrogens (primary N) is 1. The van der Waals surface area contributed by atoms with Crippen LogP contribution in [0.4, 0.5) is 0 Å². The van der Waals surface area contributed by atoms with Gasteiger partial charge in [0.05, 0.1) is 7.11 Å². The second-order valence-corrected chi connectivity index (χ2v) is 5.27. The van der Waals surface area contributed by atoms with E-state index < -0.39 is 0 Å². The molecule has 0 fully saturated rings. The van der Waals surface area contributed by atoms with Crippen LogP contribution in [0.5, 0.6) is 5.75 Å². The Hall–Kier alpha value is -2.32. The number of fused-ring (bicyclic) bond motifs is 1. The molecule has 0 heterocycles. The highest BCUT2D eigenvalue weighted by molar-refractivity contribution is 5.84. The maximum Gasteiger partial charge on any atom is 0.119 e. The van der Waals surface area contributed by atoms with E-state index in [1.807, 2.05) is 24.3 Å². The SMILES string of the molecule is COc1ccc2cc(CC(N)c3ccccc3)ccc2c1. The highest BCUT2D eigenvalue weighted by Crippen LogP contribution is 2.24. The molecule has 21 heavy (non-hydrogen) atoms. The Morgan fingerprint density at radius 1 is 0.905 bits per heavy atom. The van der Waals surface area contributed by atoms with Crippen molar-refractivity contribution in [3.63, 3.8) is 0 Å². The molecule has 0 spiro atoms. The first-order valence-electron chi connectivity index (χ1n) is 7.13. The van der Waals surface area contributed by atoms with Crippen molar-refractivity contribution < 1.29 is 4.74 Å². The van der Waals surface area contributed by atoms with Gasteiger partial charge >= 0.3 is 0 Å². The number of methoxy groups -OCH3 is 1. The summed E-state index contributed by atoms with van der Waals surface area (Å²) in [5.41, 5.74) is 8.72. The molecular formula is C19H19NO. The van der Waals surface area contributed by atoms with Crippen molar-refractivity contribution in [1.82, 2.24) is 0 Å². The number of rotatable bonds is 4. The van der Waals surface area contributed by atoms with E-state index in [1.54, 1.807) is 7.11 Å². The molecule has 0 aliphatic carbocycles. The highest BCUT2D eigenvalue weighted by atomic mass is 16.5. The van der Waals surface area contributed by atoms with Gasteiger partial charge in [-0.1, -0.05) is 54.6 Å². The molecule has 0 saturated heterocycles. The minimum atomic E-state index is 0.0295. The Labute approximate surface area is 125 Å². The predicted molar refractivity (Wildman–Crippen MR) is 87.6 cm³/mol. The normalized spacial score (nSPS) is 12.3. The van der Waals surface area contributed by atoms with Gasteiger partial charge in [0, 0.05) is 6.04 Å². The zero-order chi connectivity index (χ0) is 14.7. The Morgan fingerprint density at radius 3 is 2.38 bits per heavy atom. The standard InChI is InChI=1S/C19H19NO/c1-21-18-10-9-16-11-14(7-8-17(16)13-18)12-19(20)15-5-3-2-4-6-15/h2-11,13,19H,12,20H2,1H3. The first kappa shape index (κ1) is 13.7. The van der Waals surface area contributed by atoms with Crippen LogP contribution in [0.3, 0.4) is 0 Å². The molecule has 0 aromatic heterocycles. The van der Waals surface area contributed by atoms with Crippen LogP contribution < -0.4 is 10.5 Å². The fraction of sp³-hybridized carbons (Fsp3) is 0.158. The summed E-state index contributed by atoms with van der Waals surface area (Å²) in [5.74, 6) is 0.885. The van der Waals surface area contributed by atoms with Crippen molar-refractivity contribution in [2.45, 2.75) is 12.5 Å². The van der Waals surface area contributed by atoms with Gasteiger partial charge < -0.3 is 10.5 Å². The zero-order valence-electron chi connectivity index (χ0n) is 12.1. The van der Waals surface area contributed by atoms with Gasteiger partial charge in [0.15, 0.2) is 0 Å². The molecule has 0 amide bonds. The third-order valence-corrected chi connectivity index (χ3v) is 3.80. The highest BCUT2D eigenvalue weighted by Gasteiger charge is 2.07. The van der Waals surface area contributed by atoms with Crippen LogP contribution in [0.2, 0.25) is 0 Å². The Morgan fingerprint density at radius 2 is 1.62 bits per heavy atom. The van der Waals surface area contributed by atoms with Crippen LogP contribution in [0.25, 0.3) is 10.8 Å². The van der Waals surface area contributed by atoms with Crippen molar-refractivity contribution in [3.8, 4) is 5.75 Å². The predicted octanol–water partition coefficient (Wildman–Crippen LogP) is 4.09. The molecule has 0 saturated carbocycles. The first-order chi connectivity index (χ1) is 10.3. The summed E-state index contributed by atoms with van der Waals surface area (Å²) in [5, 5.41) is 2.40. The van der Waals surface area contributed by atoms with Gasteiger partial charge in [-0.3, -0.25) is 0 Å². The lowest BCUT2D eigenvalue weighted by Gasteiger charge is -2.13. The summed E-state index contributed by atoms with van der Waals surface area (Å²) in [6, 6.07) is 22.9. The van der Waals surface area contributed by atoms with Crippen LogP contribution in [0.15, 0.2) is 66.7 Å². The average Bonchev–Trinajstić information content (AvgIpc) is 2.55. The summed E-state index contributed by atoms with van der Waals surface area (Å²) in [4.78, 5) is 0. The molecule has 1 unspecified atom stereocenters. The largest absolute Gasteiger partial charge is 0.497 e. The van der Waals surface area contributed by atoms with Gasteiger partial charge in [0.25, 0.3) is 0 Å². The van der Waals surface area contributed by atoms with E-state index in [0.717, 1.165) is 12.2 Å². The molecular weight excluding hydrogens is 258 g/mol. The van der Waals surface area contributed by atoms with E-state index in [4.69, 9.17) is 10.5 Å². The molecule has 0 radical (unpaired) electrons. The summed E-state index contributed by atoms with van der Waals surface area (Å²) in [6.45, 7) is 0. The van der Waals surface area contributed by atoms with Crippen molar-refractivity contribution in [2.75, 3.05) is 7.11 Å². The number of benzene rings is 3. The Balaban J connectivity index is 1.84. The molecule has 2 N–H and O–H groups in total. The lowest BCUT2D eigenvalue weighted by molar-refractivity contribution is 0.415. The first-order valence-corrected chi connectivity index (χ1v) is 7.13. The van der Waals surface area contributed by atoms with Crippen LogP contribution in [-0.4, -0.2) is 7.11 Å². The van der Waals surface area contributed by atoms with E-state index in [1.165, 1.54) is 21.9 Å². The minimum absolute atomic E-state index is 0.0295. The second-order valence-electron chi connectivity index (χ2n) is 5.27. The lowest BCUT2D eigenvalue weighted by atomic mass is 9.98. The van der Waals surface area contributed by atoms with Gasteiger partial charge in [-0.05, 0) is 40.5 Å². The van der Waals surface area contributed by atoms with Crippen molar-refractivity contribution >= 4 is 10.8 Å². The van der Waals surface area contributed by atoms with E-state index in [9.17, 15) is 0 Å². The number of hydrogen-bond donors (Lipinski definition) is 1. The number of hydrogen-bond acceptors (Lipinski definition) is 2. The van der Waals surface area contributed by atoms with Crippen LogP contribution in [0.1, 0.15) is 17.2 Å². The molecule has 1 atom stereocenters. The molecule has 0 aliphatic rings. The molecule has 3 rings (SSSR count). The topological polar surface area (TPSA) is 35.2 Å². The van der Waals surface area contributed by atoms with Crippen LogP contribution >= 0.6 is 0 Å². The van der Waals surface area contributed by atoms with Gasteiger partial charge in [0.1, 0.15) is 5.75 Å². The van der Waals surface area contributed by atoms with Gasteiger partial charge in [-0.15, -0.1) is 0 Å². The van der Waals surface area contributed by atoms with E-state index in [-0.39, 0.29) is 6.04 Å². The molecule has 2 heteroatoms. The van der Waals surface area contributed by atoms with Crippen molar-refractivity contribution in [1.29, 1.82) is 0 Å². The van der Waals surface area contributed by atoms with Gasteiger partial charge in [-0.25, -0.2) is 0 Å². The quantitative estimate of drug-likeness (QED) is 0.779. The van der Waals surface area contributed by atoms with E-state index in [0.29, 0.717) is 0 Å².